The third-order valence-electron chi connectivity index (χ3n) is 5.57. The predicted molar refractivity (Wildman–Crippen MR) is 126 cm³/mol. The molecule has 0 fully saturated rings. The SMILES string of the molecule is Cc1ccccc1-c1cc(-c2ccccc2C)c([PH+]=O)c(-c2ccccc2C)c1. The van der Waals surface area contributed by atoms with Crippen molar-refractivity contribution < 1.29 is 4.57 Å². The Balaban J connectivity index is 2.10. The summed E-state index contributed by atoms with van der Waals surface area (Å²) in [6.07, 6.45) is 0. The molecule has 0 aliphatic rings. The summed E-state index contributed by atoms with van der Waals surface area (Å²) in [6.45, 7) is 6.36. The Morgan fingerprint density at radius 3 is 1.28 bits per heavy atom. The number of benzene rings is 4. The highest BCUT2D eigenvalue weighted by Crippen LogP contribution is 2.36. The summed E-state index contributed by atoms with van der Waals surface area (Å²) in [4.78, 5) is 0. The zero-order valence-corrected chi connectivity index (χ0v) is 18.0. The van der Waals surface area contributed by atoms with Crippen molar-refractivity contribution >= 4 is 13.8 Å². The van der Waals surface area contributed by atoms with Crippen LogP contribution in [-0.4, -0.2) is 0 Å². The molecule has 0 N–H and O–H groups in total. The maximum atomic E-state index is 12.5. The Morgan fingerprint density at radius 2 is 0.897 bits per heavy atom. The van der Waals surface area contributed by atoms with Gasteiger partial charge in [-0.1, -0.05) is 77.4 Å². The number of hydrogen-bond donors (Lipinski definition) is 0. The van der Waals surface area contributed by atoms with Crippen molar-refractivity contribution in [1.82, 2.24) is 0 Å². The first-order valence-corrected chi connectivity index (χ1v) is 10.7. The van der Waals surface area contributed by atoms with Crippen LogP contribution in [0, 0.1) is 20.8 Å². The summed E-state index contributed by atoms with van der Waals surface area (Å²) in [5.74, 6) is 0. The van der Waals surface area contributed by atoms with E-state index in [-0.39, 0.29) is 0 Å². The van der Waals surface area contributed by atoms with Gasteiger partial charge in [0.1, 0.15) is 0 Å². The van der Waals surface area contributed by atoms with Crippen molar-refractivity contribution in [3.05, 3.63) is 102 Å². The second-order valence-electron chi connectivity index (χ2n) is 7.49. The molecule has 0 aliphatic carbocycles. The smallest absolute Gasteiger partial charge is 0.0707 e. The maximum absolute atomic E-state index is 12.5. The highest BCUT2D eigenvalue weighted by molar-refractivity contribution is 7.35. The zero-order valence-electron chi connectivity index (χ0n) is 17.0. The zero-order chi connectivity index (χ0) is 20.4. The molecular formula is C27H24OP+. The second-order valence-corrected chi connectivity index (χ2v) is 8.20. The second kappa shape index (κ2) is 8.15. The molecule has 0 spiro atoms. The quantitative estimate of drug-likeness (QED) is 0.332. The average molecular weight is 395 g/mol. The third-order valence-corrected chi connectivity index (χ3v) is 6.31. The van der Waals surface area contributed by atoms with Crippen molar-refractivity contribution in [2.45, 2.75) is 20.8 Å². The van der Waals surface area contributed by atoms with Crippen molar-refractivity contribution in [2.24, 2.45) is 0 Å². The largest absolute Gasteiger partial charge is 0.364 e. The predicted octanol–water partition coefficient (Wildman–Crippen LogP) is 7.26. The Kier molecular flexibility index (Phi) is 5.43. The Morgan fingerprint density at radius 1 is 0.517 bits per heavy atom. The van der Waals surface area contributed by atoms with Crippen LogP contribution in [0.4, 0.5) is 0 Å². The average Bonchev–Trinajstić information content (AvgIpc) is 2.74. The molecule has 4 aromatic carbocycles. The van der Waals surface area contributed by atoms with Crippen LogP contribution >= 0.6 is 8.46 Å². The van der Waals surface area contributed by atoms with E-state index in [1.54, 1.807) is 0 Å². The van der Waals surface area contributed by atoms with E-state index in [2.05, 4.69) is 81.4 Å². The van der Waals surface area contributed by atoms with Crippen LogP contribution < -0.4 is 5.30 Å². The molecule has 4 aromatic rings. The molecule has 0 saturated carbocycles. The summed E-state index contributed by atoms with van der Waals surface area (Å²) in [5.41, 5.74) is 10.3. The van der Waals surface area contributed by atoms with E-state index in [4.69, 9.17) is 0 Å². The van der Waals surface area contributed by atoms with Gasteiger partial charge < -0.3 is 0 Å². The van der Waals surface area contributed by atoms with Crippen molar-refractivity contribution in [2.75, 3.05) is 0 Å². The Hall–Kier alpha value is -3.02. The van der Waals surface area contributed by atoms with Crippen molar-refractivity contribution in [3.63, 3.8) is 0 Å². The third kappa shape index (κ3) is 3.67. The minimum Gasteiger partial charge on any atom is -0.0707 e. The molecular weight excluding hydrogens is 371 g/mol. The van der Waals surface area contributed by atoms with E-state index in [1.165, 1.54) is 22.3 Å². The van der Waals surface area contributed by atoms with Gasteiger partial charge in [-0.15, -0.1) is 0 Å². The van der Waals surface area contributed by atoms with E-state index in [0.29, 0.717) is 0 Å². The van der Waals surface area contributed by atoms with Crippen LogP contribution in [0.25, 0.3) is 33.4 Å². The summed E-state index contributed by atoms with van der Waals surface area (Å²) >= 11 is 0. The van der Waals surface area contributed by atoms with Crippen LogP contribution in [0.1, 0.15) is 16.7 Å². The molecule has 0 saturated heterocycles. The van der Waals surface area contributed by atoms with Gasteiger partial charge in [0.25, 0.3) is 0 Å². The van der Waals surface area contributed by atoms with E-state index in [0.717, 1.165) is 33.1 Å². The van der Waals surface area contributed by atoms with Gasteiger partial charge in [-0.25, -0.2) is 0 Å². The molecule has 0 heterocycles. The normalized spacial score (nSPS) is 11.0. The fourth-order valence-electron chi connectivity index (χ4n) is 3.98. The highest BCUT2D eigenvalue weighted by Gasteiger charge is 2.22. The van der Waals surface area contributed by atoms with E-state index >= 15 is 0 Å². The van der Waals surface area contributed by atoms with Gasteiger partial charge in [-0.3, -0.25) is 0 Å². The number of aryl methyl sites for hydroxylation is 3. The van der Waals surface area contributed by atoms with Crippen LogP contribution in [0.3, 0.4) is 0 Å². The molecule has 0 aromatic heterocycles. The minimum absolute atomic E-state index is 0.527. The van der Waals surface area contributed by atoms with Gasteiger partial charge in [-0.05, 0) is 71.8 Å². The summed E-state index contributed by atoms with van der Waals surface area (Å²) in [7, 11) is -0.527. The van der Waals surface area contributed by atoms with Gasteiger partial charge >= 0.3 is 8.46 Å². The molecule has 0 aliphatic heterocycles. The standard InChI is InChI=1S/C27H23OP/c1-18-10-4-7-13-22(18)21-16-25(23-14-8-5-11-19(23)2)27(29-28)26(17-21)24-15-9-6-12-20(24)3/h4-17H,1-3H3/p+1. The fourth-order valence-corrected chi connectivity index (χ4v) is 4.61. The minimum atomic E-state index is -0.527. The van der Waals surface area contributed by atoms with Gasteiger partial charge in [0.05, 0.1) is 0 Å². The molecule has 142 valence electrons. The Bertz CT molecular complexity index is 1140. The monoisotopic (exact) mass is 395 g/mol. The van der Waals surface area contributed by atoms with Crippen LogP contribution in [0.5, 0.6) is 0 Å². The molecule has 1 unspecified atom stereocenters. The van der Waals surface area contributed by atoms with E-state index < -0.39 is 8.46 Å². The molecule has 2 heteroatoms. The first kappa shape index (κ1) is 19.3. The van der Waals surface area contributed by atoms with E-state index in [1.807, 2.05) is 24.3 Å². The lowest BCUT2D eigenvalue weighted by Crippen LogP contribution is -2.06. The molecule has 0 radical (unpaired) electrons. The molecule has 29 heavy (non-hydrogen) atoms. The van der Waals surface area contributed by atoms with Crippen LogP contribution in [-0.2, 0) is 4.57 Å². The van der Waals surface area contributed by atoms with Gasteiger partial charge in [-0.2, -0.15) is 0 Å². The summed E-state index contributed by atoms with van der Waals surface area (Å²) in [6, 6.07) is 29.5. The molecule has 0 amide bonds. The van der Waals surface area contributed by atoms with Crippen LogP contribution in [0.15, 0.2) is 84.9 Å². The van der Waals surface area contributed by atoms with E-state index in [9.17, 15) is 4.57 Å². The first-order valence-electron chi connectivity index (χ1n) is 9.84. The molecule has 1 nitrogen and oxygen atoms in total. The number of rotatable bonds is 4. The molecule has 0 bridgehead atoms. The fraction of sp³-hybridized carbons (Fsp3) is 0.111. The lowest BCUT2D eigenvalue weighted by Gasteiger charge is -2.15. The lowest BCUT2D eigenvalue weighted by atomic mass is 9.89. The lowest BCUT2D eigenvalue weighted by molar-refractivity contribution is 0.603. The number of hydrogen-bond acceptors (Lipinski definition) is 1. The van der Waals surface area contributed by atoms with Gasteiger partial charge in [0.2, 0.25) is 5.30 Å². The van der Waals surface area contributed by atoms with Crippen molar-refractivity contribution in [3.8, 4) is 33.4 Å². The maximum Gasteiger partial charge on any atom is 0.364 e. The summed E-state index contributed by atoms with van der Waals surface area (Å²) in [5, 5.41) is 0.894. The topological polar surface area (TPSA) is 17.1 Å². The molecule has 1 atom stereocenters. The highest BCUT2D eigenvalue weighted by atomic mass is 31.1. The summed E-state index contributed by atoms with van der Waals surface area (Å²) < 4.78 is 12.5. The molecule has 4 rings (SSSR count). The Labute approximate surface area is 174 Å². The van der Waals surface area contributed by atoms with Gasteiger partial charge in [0.15, 0.2) is 0 Å². The van der Waals surface area contributed by atoms with Crippen LogP contribution in [0.2, 0.25) is 0 Å². The first-order chi connectivity index (χ1) is 14.1. The van der Waals surface area contributed by atoms with Gasteiger partial charge in [0, 0.05) is 11.1 Å². The van der Waals surface area contributed by atoms with Crippen molar-refractivity contribution in [1.29, 1.82) is 0 Å².